The first kappa shape index (κ1) is 9.65. The van der Waals surface area contributed by atoms with Crippen molar-refractivity contribution in [1.29, 1.82) is 0 Å². The fourth-order valence-corrected chi connectivity index (χ4v) is 1.58. The normalized spacial score (nSPS) is 10.5. The number of nitrogens with zero attached hydrogens (tertiary/aromatic N) is 2. The van der Waals surface area contributed by atoms with E-state index >= 15 is 0 Å². The monoisotopic (exact) mass is 200 g/mol. The second-order valence-corrected chi connectivity index (χ2v) is 3.60. The van der Waals surface area contributed by atoms with Crippen molar-refractivity contribution in [1.82, 2.24) is 9.78 Å². The van der Waals surface area contributed by atoms with Gasteiger partial charge in [-0.05, 0) is 18.6 Å². The molecule has 15 heavy (non-hydrogen) atoms. The van der Waals surface area contributed by atoms with Gasteiger partial charge in [-0.3, -0.25) is 9.48 Å². The van der Waals surface area contributed by atoms with Crippen LogP contribution in [0, 0.1) is 0 Å². The van der Waals surface area contributed by atoms with Gasteiger partial charge in [0.05, 0.1) is 5.52 Å². The maximum Gasteiger partial charge on any atom is 0.208 e. The molecule has 2 aromatic rings. The van der Waals surface area contributed by atoms with Crippen LogP contribution in [0.1, 0.15) is 17.4 Å². The summed E-state index contributed by atoms with van der Waals surface area (Å²) < 4.78 is 1.71. The highest BCUT2D eigenvalue weighted by Gasteiger charge is 2.15. The highest BCUT2D eigenvalue weighted by molar-refractivity contribution is 6.14. The summed E-state index contributed by atoms with van der Waals surface area (Å²) >= 11 is 0. The maximum atomic E-state index is 11.8. The van der Waals surface area contributed by atoms with Crippen LogP contribution in [0.25, 0.3) is 10.9 Å². The predicted molar refractivity (Wildman–Crippen MR) is 59.9 cm³/mol. The van der Waals surface area contributed by atoms with Gasteiger partial charge in [0.1, 0.15) is 5.69 Å². The SMILES string of the molecule is C=C(C)C(=O)c1nn(C)c2ccccc12. The average molecular weight is 200 g/mol. The third kappa shape index (κ3) is 1.46. The molecule has 0 unspecified atom stereocenters. The van der Waals surface area contributed by atoms with Crippen LogP contribution >= 0.6 is 0 Å². The molecule has 0 bridgehead atoms. The van der Waals surface area contributed by atoms with Crippen LogP contribution in [0.5, 0.6) is 0 Å². The first-order chi connectivity index (χ1) is 7.11. The van der Waals surface area contributed by atoms with Gasteiger partial charge in [-0.25, -0.2) is 0 Å². The van der Waals surface area contributed by atoms with Gasteiger partial charge in [0.15, 0.2) is 0 Å². The highest BCUT2D eigenvalue weighted by Crippen LogP contribution is 2.19. The van der Waals surface area contributed by atoms with Crippen molar-refractivity contribution < 1.29 is 4.79 Å². The number of allylic oxidation sites excluding steroid dienone is 1. The van der Waals surface area contributed by atoms with Gasteiger partial charge in [0, 0.05) is 12.4 Å². The van der Waals surface area contributed by atoms with Crippen molar-refractivity contribution in [2.75, 3.05) is 0 Å². The van der Waals surface area contributed by atoms with Gasteiger partial charge >= 0.3 is 0 Å². The zero-order chi connectivity index (χ0) is 11.0. The van der Waals surface area contributed by atoms with Crippen LogP contribution in [-0.2, 0) is 7.05 Å². The minimum atomic E-state index is -0.0909. The fraction of sp³-hybridized carbons (Fsp3) is 0.167. The standard InChI is InChI=1S/C12H12N2O/c1-8(2)12(15)11-9-6-4-5-7-10(9)14(3)13-11/h4-7H,1H2,2-3H3. The molecule has 0 spiro atoms. The second-order valence-electron chi connectivity index (χ2n) is 3.60. The van der Waals surface area contributed by atoms with Crippen molar-refractivity contribution >= 4 is 16.7 Å². The first-order valence-electron chi connectivity index (χ1n) is 4.73. The molecular weight excluding hydrogens is 188 g/mol. The number of rotatable bonds is 2. The van der Waals surface area contributed by atoms with Gasteiger partial charge in [-0.1, -0.05) is 24.8 Å². The average Bonchev–Trinajstić information content (AvgIpc) is 2.56. The predicted octanol–water partition coefficient (Wildman–Crippen LogP) is 2.33. The van der Waals surface area contributed by atoms with Crippen LogP contribution < -0.4 is 0 Å². The number of carbonyl (C=O) groups is 1. The quantitative estimate of drug-likeness (QED) is 0.551. The molecule has 0 N–H and O–H groups in total. The number of aromatic nitrogens is 2. The molecule has 3 heteroatoms. The molecule has 0 aliphatic heterocycles. The molecule has 0 fully saturated rings. The Hall–Kier alpha value is -1.90. The van der Waals surface area contributed by atoms with E-state index in [2.05, 4.69) is 11.7 Å². The molecule has 76 valence electrons. The van der Waals surface area contributed by atoms with Crippen molar-refractivity contribution in [3.05, 3.63) is 42.1 Å². The number of hydrogen-bond donors (Lipinski definition) is 0. The summed E-state index contributed by atoms with van der Waals surface area (Å²) in [6.07, 6.45) is 0. The largest absolute Gasteiger partial charge is 0.287 e. The summed E-state index contributed by atoms with van der Waals surface area (Å²) in [6, 6.07) is 7.67. The van der Waals surface area contributed by atoms with E-state index in [4.69, 9.17) is 0 Å². The van der Waals surface area contributed by atoms with Gasteiger partial charge in [0.25, 0.3) is 0 Å². The summed E-state index contributed by atoms with van der Waals surface area (Å²) in [4.78, 5) is 11.8. The van der Waals surface area contributed by atoms with Gasteiger partial charge in [-0.15, -0.1) is 0 Å². The second kappa shape index (κ2) is 3.35. The molecule has 1 aromatic carbocycles. The zero-order valence-corrected chi connectivity index (χ0v) is 8.82. The molecule has 1 aromatic heterocycles. The molecule has 0 saturated carbocycles. The van der Waals surface area contributed by atoms with E-state index in [1.807, 2.05) is 31.3 Å². The van der Waals surface area contributed by atoms with Gasteiger partial charge in [-0.2, -0.15) is 5.10 Å². The Balaban J connectivity index is 2.72. The van der Waals surface area contributed by atoms with Crippen molar-refractivity contribution in [3.8, 4) is 0 Å². The Kier molecular flexibility index (Phi) is 2.15. The molecular formula is C12H12N2O. The van der Waals surface area contributed by atoms with E-state index < -0.39 is 0 Å². The van der Waals surface area contributed by atoms with E-state index in [9.17, 15) is 4.79 Å². The third-order valence-corrected chi connectivity index (χ3v) is 2.36. The number of Topliss-reactive ketones (excluding diaryl/α,β-unsaturated/α-hetero) is 1. The lowest BCUT2D eigenvalue weighted by Gasteiger charge is -1.94. The number of aryl methyl sites for hydroxylation is 1. The van der Waals surface area contributed by atoms with E-state index in [0.29, 0.717) is 11.3 Å². The van der Waals surface area contributed by atoms with E-state index in [0.717, 1.165) is 10.9 Å². The minimum Gasteiger partial charge on any atom is -0.287 e. The molecule has 1 heterocycles. The first-order valence-corrected chi connectivity index (χ1v) is 4.73. The maximum absolute atomic E-state index is 11.8. The van der Waals surface area contributed by atoms with Crippen LogP contribution in [0.3, 0.4) is 0 Å². The van der Waals surface area contributed by atoms with Crippen LogP contribution in [0.2, 0.25) is 0 Å². The molecule has 0 atom stereocenters. The lowest BCUT2D eigenvalue weighted by atomic mass is 10.1. The van der Waals surface area contributed by atoms with Crippen LogP contribution in [0.15, 0.2) is 36.4 Å². The van der Waals surface area contributed by atoms with E-state index in [-0.39, 0.29) is 5.78 Å². The smallest absolute Gasteiger partial charge is 0.208 e. The Morgan fingerprint density at radius 3 is 2.73 bits per heavy atom. The summed E-state index contributed by atoms with van der Waals surface area (Å²) in [7, 11) is 1.83. The summed E-state index contributed by atoms with van der Waals surface area (Å²) in [5.41, 5.74) is 1.96. The number of ketones is 1. The zero-order valence-electron chi connectivity index (χ0n) is 8.82. The number of benzene rings is 1. The van der Waals surface area contributed by atoms with Gasteiger partial charge in [0.2, 0.25) is 5.78 Å². The molecule has 0 amide bonds. The summed E-state index contributed by atoms with van der Waals surface area (Å²) in [6.45, 7) is 5.35. The molecule has 0 aliphatic carbocycles. The molecule has 0 radical (unpaired) electrons. The number of hydrogen-bond acceptors (Lipinski definition) is 2. The van der Waals surface area contributed by atoms with Crippen molar-refractivity contribution in [2.24, 2.45) is 7.05 Å². The lowest BCUT2D eigenvalue weighted by molar-refractivity contribution is 0.103. The molecule has 2 rings (SSSR count). The Morgan fingerprint density at radius 2 is 2.07 bits per heavy atom. The van der Waals surface area contributed by atoms with Crippen LogP contribution in [0.4, 0.5) is 0 Å². The third-order valence-electron chi connectivity index (χ3n) is 2.36. The Morgan fingerprint density at radius 1 is 1.40 bits per heavy atom. The van der Waals surface area contributed by atoms with Crippen molar-refractivity contribution in [2.45, 2.75) is 6.92 Å². The van der Waals surface area contributed by atoms with E-state index in [1.54, 1.807) is 11.6 Å². The molecule has 0 saturated heterocycles. The summed E-state index contributed by atoms with van der Waals surface area (Å²) in [5, 5.41) is 5.10. The number of fused-ring (bicyclic) bond motifs is 1. The summed E-state index contributed by atoms with van der Waals surface area (Å²) in [5.74, 6) is -0.0909. The van der Waals surface area contributed by atoms with Crippen molar-refractivity contribution in [3.63, 3.8) is 0 Å². The Labute approximate surface area is 88.0 Å². The molecule has 0 aliphatic rings. The fourth-order valence-electron chi connectivity index (χ4n) is 1.58. The Bertz CT molecular complexity index is 552. The van der Waals surface area contributed by atoms with E-state index in [1.165, 1.54) is 0 Å². The number of carbonyl (C=O) groups excluding carboxylic acids is 1. The minimum absolute atomic E-state index is 0.0909. The number of para-hydroxylation sites is 1. The topological polar surface area (TPSA) is 34.9 Å². The van der Waals surface area contributed by atoms with Gasteiger partial charge < -0.3 is 0 Å². The highest BCUT2D eigenvalue weighted by atomic mass is 16.1. The van der Waals surface area contributed by atoms with Crippen LogP contribution in [-0.4, -0.2) is 15.6 Å². The lowest BCUT2D eigenvalue weighted by Crippen LogP contribution is -2.02. The molecule has 3 nitrogen and oxygen atoms in total.